The Morgan fingerprint density at radius 2 is 1.69 bits per heavy atom. The minimum absolute atomic E-state index is 0.0311. The standard InChI is InChI=1S/C24H30BrCl2N3O4S/c1-16(2)28-24(32)17(3)29(15-18-7-9-19(25)10-8-18)23(31)6-5-13-30(35(4,33)34)22-14-20(26)11-12-21(22)27/h7-12,14,16-17H,5-6,13,15H2,1-4H3,(H,28,32)/t17-/m0/s1. The zero-order valence-electron chi connectivity index (χ0n) is 20.1. The molecule has 0 spiro atoms. The minimum Gasteiger partial charge on any atom is -0.352 e. The zero-order valence-corrected chi connectivity index (χ0v) is 24.0. The van der Waals surface area contributed by atoms with E-state index in [2.05, 4.69) is 21.2 Å². The number of hydrogen-bond donors (Lipinski definition) is 1. The van der Waals surface area contributed by atoms with E-state index in [1.165, 1.54) is 17.0 Å². The second-order valence-corrected chi connectivity index (χ2v) is 12.2. The van der Waals surface area contributed by atoms with Crippen molar-refractivity contribution in [3.8, 4) is 0 Å². The van der Waals surface area contributed by atoms with Gasteiger partial charge in [-0.15, -0.1) is 0 Å². The van der Waals surface area contributed by atoms with Crippen LogP contribution >= 0.6 is 39.1 Å². The summed E-state index contributed by atoms with van der Waals surface area (Å²) >= 11 is 15.7. The lowest BCUT2D eigenvalue weighted by molar-refractivity contribution is -0.140. The molecule has 0 radical (unpaired) electrons. The predicted molar refractivity (Wildman–Crippen MR) is 145 cm³/mol. The molecule has 0 saturated carbocycles. The van der Waals surface area contributed by atoms with E-state index in [1.807, 2.05) is 38.1 Å². The highest BCUT2D eigenvalue weighted by Crippen LogP contribution is 2.31. The maximum Gasteiger partial charge on any atom is 0.242 e. The third kappa shape index (κ3) is 8.97. The molecule has 2 aromatic carbocycles. The molecular weight excluding hydrogens is 577 g/mol. The summed E-state index contributed by atoms with van der Waals surface area (Å²) < 4.78 is 26.9. The van der Waals surface area contributed by atoms with Crippen LogP contribution in [0.2, 0.25) is 10.0 Å². The van der Waals surface area contributed by atoms with E-state index in [1.54, 1.807) is 13.0 Å². The summed E-state index contributed by atoms with van der Waals surface area (Å²) in [7, 11) is -3.67. The SMILES string of the molecule is CC(C)NC(=O)[C@H](C)N(Cc1ccc(Br)cc1)C(=O)CCCN(c1cc(Cl)ccc1Cl)S(C)(=O)=O. The van der Waals surface area contributed by atoms with Crippen molar-refractivity contribution in [1.29, 1.82) is 0 Å². The molecule has 0 heterocycles. The molecule has 2 rings (SSSR count). The Labute approximate surface area is 225 Å². The normalized spacial score (nSPS) is 12.3. The van der Waals surface area contributed by atoms with Gasteiger partial charge in [0.2, 0.25) is 21.8 Å². The summed E-state index contributed by atoms with van der Waals surface area (Å²) in [6, 6.07) is 11.3. The monoisotopic (exact) mass is 605 g/mol. The first-order valence-electron chi connectivity index (χ1n) is 11.1. The number of nitrogens with zero attached hydrogens (tertiary/aromatic N) is 2. The fraction of sp³-hybridized carbons (Fsp3) is 0.417. The highest BCUT2D eigenvalue weighted by molar-refractivity contribution is 9.10. The smallest absolute Gasteiger partial charge is 0.242 e. The summed E-state index contributed by atoms with van der Waals surface area (Å²) in [6.45, 7) is 5.67. The molecule has 0 saturated heterocycles. The van der Waals surface area contributed by atoms with Gasteiger partial charge in [0.05, 0.1) is 17.0 Å². The molecule has 7 nitrogen and oxygen atoms in total. The first kappa shape index (κ1) is 29.4. The van der Waals surface area contributed by atoms with E-state index in [0.717, 1.165) is 20.6 Å². The lowest BCUT2D eigenvalue weighted by Gasteiger charge is -2.30. The Kier molecular flexibility index (Phi) is 10.9. The molecule has 2 aromatic rings. The van der Waals surface area contributed by atoms with Crippen LogP contribution in [0.4, 0.5) is 5.69 Å². The van der Waals surface area contributed by atoms with Crippen molar-refractivity contribution in [3.05, 3.63) is 62.5 Å². The third-order valence-electron chi connectivity index (χ3n) is 5.19. The summed E-state index contributed by atoms with van der Waals surface area (Å²) in [5.74, 6) is -0.515. The Hall–Kier alpha value is -1.81. The largest absolute Gasteiger partial charge is 0.352 e. The molecule has 192 valence electrons. The molecule has 0 aliphatic heterocycles. The number of sulfonamides is 1. The minimum atomic E-state index is -3.67. The van der Waals surface area contributed by atoms with Gasteiger partial charge in [-0.2, -0.15) is 0 Å². The van der Waals surface area contributed by atoms with Crippen molar-refractivity contribution < 1.29 is 18.0 Å². The van der Waals surface area contributed by atoms with Crippen LogP contribution in [0.3, 0.4) is 0 Å². The molecule has 1 atom stereocenters. The van der Waals surface area contributed by atoms with Gasteiger partial charge in [-0.05, 0) is 63.1 Å². The van der Waals surface area contributed by atoms with Crippen molar-refractivity contribution in [2.24, 2.45) is 0 Å². The fourth-order valence-corrected chi connectivity index (χ4v) is 5.10. The lowest BCUT2D eigenvalue weighted by Crippen LogP contribution is -2.49. The molecule has 35 heavy (non-hydrogen) atoms. The number of carbonyl (C=O) groups excluding carboxylic acids is 2. The van der Waals surface area contributed by atoms with Gasteiger partial charge in [-0.3, -0.25) is 13.9 Å². The fourth-order valence-electron chi connectivity index (χ4n) is 3.43. The van der Waals surface area contributed by atoms with E-state index in [9.17, 15) is 18.0 Å². The van der Waals surface area contributed by atoms with Crippen molar-refractivity contribution in [2.75, 3.05) is 17.1 Å². The number of halogens is 3. The number of anilines is 1. The number of carbonyl (C=O) groups is 2. The second kappa shape index (κ2) is 12.9. The number of benzene rings is 2. The molecule has 0 bridgehead atoms. The molecule has 11 heteroatoms. The molecule has 0 aliphatic rings. The van der Waals surface area contributed by atoms with Gasteiger partial charge in [0.1, 0.15) is 6.04 Å². The molecule has 0 aromatic heterocycles. The number of nitrogens with one attached hydrogen (secondary N) is 1. The summed E-state index contributed by atoms with van der Waals surface area (Å²) in [5.41, 5.74) is 1.12. The highest BCUT2D eigenvalue weighted by Gasteiger charge is 2.27. The predicted octanol–water partition coefficient (Wildman–Crippen LogP) is 5.24. The van der Waals surface area contributed by atoms with Gasteiger partial charge in [-0.1, -0.05) is 51.3 Å². The van der Waals surface area contributed by atoms with E-state index < -0.39 is 16.1 Å². The van der Waals surface area contributed by atoms with Crippen LogP contribution < -0.4 is 9.62 Å². The van der Waals surface area contributed by atoms with Crippen LogP contribution in [0.25, 0.3) is 0 Å². The molecule has 1 N–H and O–H groups in total. The first-order chi connectivity index (χ1) is 16.3. The van der Waals surface area contributed by atoms with E-state index in [0.29, 0.717) is 5.02 Å². The molecule has 0 fully saturated rings. The molecule has 0 aliphatic carbocycles. The Balaban J connectivity index is 2.20. The summed E-state index contributed by atoms with van der Waals surface area (Å²) in [6.07, 6.45) is 1.34. The molecule has 2 amide bonds. The van der Waals surface area contributed by atoms with E-state index in [4.69, 9.17) is 23.2 Å². The Morgan fingerprint density at radius 3 is 2.26 bits per heavy atom. The quantitative estimate of drug-likeness (QED) is 0.379. The maximum absolute atomic E-state index is 13.3. The average molecular weight is 607 g/mol. The van der Waals surface area contributed by atoms with Gasteiger partial charge < -0.3 is 10.2 Å². The van der Waals surface area contributed by atoms with Gasteiger partial charge >= 0.3 is 0 Å². The van der Waals surface area contributed by atoms with Crippen LogP contribution in [-0.2, 0) is 26.2 Å². The van der Waals surface area contributed by atoms with Crippen LogP contribution in [0.5, 0.6) is 0 Å². The van der Waals surface area contributed by atoms with Gasteiger partial charge in [0.15, 0.2) is 0 Å². The van der Waals surface area contributed by atoms with Crippen molar-refractivity contribution >= 4 is 66.7 Å². The second-order valence-electron chi connectivity index (χ2n) is 8.52. The Bertz CT molecular complexity index is 1140. The van der Waals surface area contributed by atoms with Gasteiger partial charge in [0, 0.05) is 35.0 Å². The lowest BCUT2D eigenvalue weighted by atomic mass is 10.1. The number of rotatable bonds is 11. The topological polar surface area (TPSA) is 86.8 Å². The van der Waals surface area contributed by atoms with Crippen LogP contribution in [0.1, 0.15) is 39.2 Å². The van der Waals surface area contributed by atoms with Crippen LogP contribution in [0.15, 0.2) is 46.9 Å². The van der Waals surface area contributed by atoms with Crippen LogP contribution in [0, 0.1) is 0 Å². The summed E-state index contributed by atoms with van der Waals surface area (Å²) in [4.78, 5) is 27.5. The van der Waals surface area contributed by atoms with Crippen molar-refractivity contribution in [3.63, 3.8) is 0 Å². The number of amides is 2. The van der Waals surface area contributed by atoms with E-state index in [-0.39, 0.29) is 54.5 Å². The zero-order chi connectivity index (χ0) is 26.3. The van der Waals surface area contributed by atoms with Gasteiger partial charge in [-0.25, -0.2) is 8.42 Å². The molecular formula is C24H30BrCl2N3O4S. The van der Waals surface area contributed by atoms with Crippen molar-refractivity contribution in [1.82, 2.24) is 10.2 Å². The summed E-state index contributed by atoms with van der Waals surface area (Å²) in [5, 5.41) is 3.43. The first-order valence-corrected chi connectivity index (χ1v) is 14.5. The average Bonchev–Trinajstić information content (AvgIpc) is 2.76. The van der Waals surface area contributed by atoms with Gasteiger partial charge in [0.25, 0.3) is 0 Å². The van der Waals surface area contributed by atoms with Crippen LogP contribution in [-0.4, -0.2) is 50.0 Å². The maximum atomic E-state index is 13.3. The number of hydrogen-bond acceptors (Lipinski definition) is 4. The Morgan fingerprint density at radius 1 is 1.06 bits per heavy atom. The highest BCUT2D eigenvalue weighted by atomic mass is 79.9. The molecule has 0 unspecified atom stereocenters. The van der Waals surface area contributed by atoms with Crippen molar-refractivity contribution in [2.45, 2.75) is 52.2 Å². The van der Waals surface area contributed by atoms with E-state index >= 15 is 0 Å². The third-order valence-corrected chi connectivity index (χ3v) is 7.46.